The van der Waals surface area contributed by atoms with Gasteiger partial charge in [-0.05, 0) is 48.9 Å². The Morgan fingerprint density at radius 3 is 1.77 bits per heavy atom. The van der Waals surface area contributed by atoms with Crippen molar-refractivity contribution in [1.82, 2.24) is 0 Å². The van der Waals surface area contributed by atoms with Gasteiger partial charge >= 0.3 is 11.9 Å². The van der Waals surface area contributed by atoms with Crippen LogP contribution in [0.4, 0.5) is 0 Å². The monoisotopic (exact) mass is 430 g/mol. The maximum atomic E-state index is 11.7. The summed E-state index contributed by atoms with van der Waals surface area (Å²) in [4.78, 5) is 23.1. The molecule has 0 spiro atoms. The Morgan fingerprint density at radius 1 is 0.733 bits per heavy atom. The molecular weight excluding hydrogens is 400 g/mol. The summed E-state index contributed by atoms with van der Waals surface area (Å²) < 4.78 is 20.5. The Balaban J connectivity index is 2.75. The van der Waals surface area contributed by atoms with Crippen molar-refractivity contribution >= 4 is 11.9 Å². The average molecular weight is 430 g/mol. The second kappa shape index (κ2) is 15.7. The van der Waals surface area contributed by atoms with E-state index in [1.165, 1.54) is 12.1 Å². The molecule has 0 aliphatic carbocycles. The van der Waals surface area contributed by atoms with Gasteiger partial charge in [-0.1, -0.05) is 0 Å². The molecule has 1 rings (SSSR count). The normalized spacial score (nSPS) is 11.0. The van der Waals surface area contributed by atoms with Crippen LogP contribution < -0.4 is 0 Å². The van der Waals surface area contributed by atoms with E-state index in [9.17, 15) is 19.8 Å². The van der Waals surface area contributed by atoms with Crippen LogP contribution in [0.25, 0.3) is 0 Å². The minimum absolute atomic E-state index is 0.0337. The van der Waals surface area contributed by atoms with Crippen LogP contribution in [0.15, 0.2) is 12.1 Å². The molecule has 170 valence electrons. The van der Waals surface area contributed by atoms with E-state index in [-0.39, 0.29) is 51.1 Å². The molecule has 0 heterocycles. The molecule has 0 aromatic heterocycles. The first-order chi connectivity index (χ1) is 14.5. The Hall–Kier alpha value is -2.08. The van der Waals surface area contributed by atoms with Crippen LogP contribution in [-0.2, 0) is 31.8 Å². The minimum Gasteiger partial charge on any atom is -0.478 e. The lowest BCUT2D eigenvalue weighted by Crippen LogP contribution is -2.12. The number of benzene rings is 1. The van der Waals surface area contributed by atoms with E-state index in [0.29, 0.717) is 50.0 Å². The fourth-order valence-corrected chi connectivity index (χ4v) is 2.76. The molecule has 0 saturated carbocycles. The largest absolute Gasteiger partial charge is 0.478 e. The summed E-state index contributed by atoms with van der Waals surface area (Å²) in [7, 11) is 0. The van der Waals surface area contributed by atoms with Gasteiger partial charge in [-0.15, -0.1) is 0 Å². The molecule has 10 heteroatoms. The lowest BCUT2D eigenvalue weighted by molar-refractivity contribution is -0.0629. The number of aryl methyl sites for hydroxylation is 1. The van der Waals surface area contributed by atoms with Gasteiger partial charge in [0.15, 0.2) is 0 Å². The molecule has 4 N–H and O–H groups in total. The van der Waals surface area contributed by atoms with E-state index in [0.717, 1.165) is 0 Å². The van der Waals surface area contributed by atoms with E-state index in [4.69, 9.17) is 29.2 Å². The maximum Gasteiger partial charge on any atom is 0.335 e. The van der Waals surface area contributed by atoms with Crippen molar-refractivity contribution < 1.29 is 49.0 Å². The van der Waals surface area contributed by atoms with Gasteiger partial charge in [0.1, 0.15) is 13.6 Å². The molecule has 0 amide bonds. The van der Waals surface area contributed by atoms with Crippen molar-refractivity contribution in [1.29, 1.82) is 0 Å². The van der Waals surface area contributed by atoms with E-state index in [1.807, 2.05) is 0 Å². The molecule has 0 aliphatic heterocycles. The van der Waals surface area contributed by atoms with E-state index < -0.39 is 11.9 Å². The number of carbonyl (C=O) groups is 2. The predicted octanol–water partition coefficient (Wildman–Crippen LogP) is 0.914. The highest BCUT2D eigenvalue weighted by Gasteiger charge is 2.18. The van der Waals surface area contributed by atoms with Crippen LogP contribution in [0.3, 0.4) is 0 Å². The lowest BCUT2D eigenvalue weighted by Gasteiger charge is -2.15. The summed E-state index contributed by atoms with van der Waals surface area (Å²) in [6, 6.07) is 2.67. The zero-order valence-corrected chi connectivity index (χ0v) is 16.9. The standard InChI is InChI=1S/C20H30O10/c21-5-9-29-13-27-7-1-3-15-11-16(19(23)24)12-18(20(25)26)17(15)4-2-8-28-14-30-10-6-22/h11-12,21-22H,1-10,13-14H2,(H,23,24)(H,25,26). The molecule has 0 atom stereocenters. The number of aliphatic hydroxyl groups is 2. The van der Waals surface area contributed by atoms with E-state index >= 15 is 0 Å². The Bertz CT molecular complexity index is 647. The highest BCUT2D eigenvalue weighted by atomic mass is 16.7. The molecule has 0 aliphatic rings. The molecule has 10 nitrogen and oxygen atoms in total. The molecule has 30 heavy (non-hydrogen) atoms. The fourth-order valence-electron chi connectivity index (χ4n) is 2.76. The molecule has 0 radical (unpaired) electrons. The quantitative estimate of drug-likeness (QED) is 0.195. The van der Waals surface area contributed by atoms with Crippen molar-refractivity contribution in [3.63, 3.8) is 0 Å². The molecular formula is C20H30O10. The van der Waals surface area contributed by atoms with Crippen LogP contribution in [0.2, 0.25) is 0 Å². The highest BCUT2D eigenvalue weighted by Crippen LogP contribution is 2.22. The van der Waals surface area contributed by atoms with Crippen molar-refractivity contribution in [3.8, 4) is 0 Å². The summed E-state index contributed by atoms with van der Waals surface area (Å²) >= 11 is 0. The first-order valence-electron chi connectivity index (χ1n) is 9.66. The molecule has 0 bridgehead atoms. The van der Waals surface area contributed by atoms with Gasteiger partial charge in [-0.25, -0.2) is 9.59 Å². The first-order valence-corrected chi connectivity index (χ1v) is 9.66. The lowest BCUT2D eigenvalue weighted by atomic mass is 9.92. The smallest absolute Gasteiger partial charge is 0.335 e. The number of ether oxygens (including phenoxy) is 4. The van der Waals surface area contributed by atoms with Gasteiger partial charge in [-0.2, -0.15) is 0 Å². The third-order valence-electron chi connectivity index (χ3n) is 4.07. The highest BCUT2D eigenvalue weighted by molar-refractivity contribution is 5.95. The first kappa shape index (κ1) is 26.0. The molecule has 0 unspecified atom stereocenters. The number of aliphatic hydroxyl groups excluding tert-OH is 2. The van der Waals surface area contributed by atoms with Crippen molar-refractivity contribution in [2.45, 2.75) is 25.7 Å². The van der Waals surface area contributed by atoms with Crippen LogP contribution in [0, 0.1) is 0 Å². The Morgan fingerprint density at radius 2 is 1.27 bits per heavy atom. The summed E-state index contributed by atoms with van der Waals surface area (Å²) in [6.45, 7) is 0.917. The molecule has 1 aromatic rings. The number of rotatable bonds is 18. The van der Waals surface area contributed by atoms with Gasteiger partial charge in [0.05, 0.1) is 37.6 Å². The molecule has 0 fully saturated rings. The predicted molar refractivity (Wildman–Crippen MR) is 105 cm³/mol. The maximum absolute atomic E-state index is 11.7. The number of carboxylic acid groups (broad SMARTS) is 2. The summed E-state index contributed by atoms with van der Waals surface area (Å²) in [5.74, 6) is -2.38. The van der Waals surface area contributed by atoms with E-state index in [1.54, 1.807) is 0 Å². The summed E-state index contributed by atoms with van der Waals surface area (Å²) in [5.41, 5.74) is 1.10. The Kier molecular flexibility index (Phi) is 13.6. The van der Waals surface area contributed by atoms with Crippen molar-refractivity contribution in [3.05, 3.63) is 34.4 Å². The zero-order chi connectivity index (χ0) is 22.2. The van der Waals surface area contributed by atoms with Crippen molar-refractivity contribution in [2.75, 3.05) is 53.2 Å². The minimum atomic E-state index is -1.19. The second-order valence-electron chi connectivity index (χ2n) is 6.29. The molecule has 1 aromatic carbocycles. The number of carboxylic acids is 2. The fraction of sp³-hybridized carbons (Fsp3) is 0.600. The zero-order valence-electron chi connectivity index (χ0n) is 16.9. The van der Waals surface area contributed by atoms with Gasteiger partial charge in [0.25, 0.3) is 0 Å². The van der Waals surface area contributed by atoms with Crippen LogP contribution in [0.5, 0.6) is 0 Å². The van der Waals surface area contributed by atoms with Crippen molar-refractivity contribution in [2.24, 2.45) is 0 Å². The SMILES string of the molecule is O=C(O)c1cc(CCCOCOCCO)c(CCCOCOCCO)c(C(=O)O)c1. The number of hydrogen-bond acceptors (Lipinski definition) is 8. The van der Waals surface area contributed by atoms with Gasteiger partial charge in [-0.3, -0.25) is 0 Å². The second-order valence-corrected chi connectivity index (χ2v) is 6.29. The topological polar surface area (TPSA) is 152 Å². The Labute approximate surface area is 174 Å². The summed E-state index contributed by atoms with van der Waals surface area (Å²) in [6.07, 6.45) is 1.91. The van der Waals surface area contributed by atoms with Crippen LogP contribution in [0.1, 0.15) is 44.7 Å². The average Bonchev–Trinajstić information content (AvgIpc) is 2.72. The third-order valence-corrected chi connectivity index (χ3v) is 4.07. The number of aromatic carboxylic acids is 2. The van der Waals surface area contributed by atoms with Crippen LogP contribution >= 0.6 is 0 Å². The number of hydrogen-bond donors (Lipinski definition) is 4. The van der Waals surface area contributed by atoms with Gasteiger partial charge in [0, 0.05) is 13.2 Å². The van der Waals surface area contributed by atoms with E-state index in [2.05, 4.69) is 0 Å². The molecule has 0 saturated heterocycles. The van der Waals surface area contributed by atoms with Gasteiger partial charge in [0.2, 0.25) is 0 Å². The van der Waals surface area contributed by atoms with Gasteiger partial charge < -0.3 is 39.4 Å². The third kappa shape index (κ3) is 10.1. The summed E-state index contributed by atoms with van der Waals surface area (Å²) in [5, 5.41) is 36.1. The van der Waals surface area contributed by atoms with Crippen LogP contribution in [-0.4, -0.2) is 85.6 Å².